The predicted octanol–water partition coefficient (Wildman–Crippen LogP) is 10.8. The van der Waals surface area contributed by atoms with E-state index in [1.807, 2.05) is 6.07 Å². The first-order valence-corrected chi connectivity index (χ1v) is 30.9. The highest BCUT2D eigenvalue weighted by Crippen LogP contribution is 2.33. The summed E-state index contributed by atoms with van der Waals surface area (Å²) in [4.78, 5) is 54.0. The van der Waals surface area contributed by atoms with Crippen molar-refractivity contribution < 1.29 is 110 Å². The highest BCUT2D eigenvalue weighted by Gasteiger charge is 2.37. The maximum atomic E-state index is 13.9. The maximum absolute atomic E-state index is 13.9. The zero-order chi connectivity index (χ0) is 72.5. The normalized spacial score (nSPS) is 11.8. The standard InChI is InChI=1S/C17H13F5N4O4S.C12H5F5N4O2S.C11H14N4O2.C6ClF5O2S.C6H6N4/c1-17(2,3)30-16(27)26-5-4-7-14(23-6-24-15(7)26)25-31(28,29)13-11(21)9(19)8(18)10(20)12(13)22;13-5-6(14)8(16)10(9(17)7(5)15)24(22,23)21-12-4-1-2-18-11(4)19-3-20-12;1-11(2,3)17-10(16)15-5-4-7-8(12)13-6-14-9(7)15;7-15(13,14)6-4(11)2(9)1(8)3(10)5(6)12;7-5-4-1-2-8-6(4)10-3-9-5/h4-6H,1-3H3,(H,23,24,25);1-3H,(H2,18,19,20,21);4-6H,1-3H3,(H2,12,13,14);;1-3H,(H3,7,8,9,10). The Labute approximate surface area is 536 Å². The Balaban J connectivity index is 0.000000179. The van der Waals surface area contributed by atoms with E-state index in [0.717, 1.165) is 28.3 Å². The van der Waals surface area contributed by atoms with Crippen LogP contribution in [0.25, 0.3) is 44.1 Å². The number of carbonyl (C=O) groups excluding carboxylic acids is 2. The molecule has 0 aliphatic rings. The number of hydrogen-bond acceptors (Lipinski definition) is 20. The summed E-state index contributed by atoms with van der Waals surface area (Å²) in [6, 6.07) is 6.08. The van der Waals surface area contributed by atoms with E-state index in [4.69, 9.17) is 20.9 Å². The molecular weight excluding hydrogens is 1430 g/mol. The van der Waals surface area contributed by atoms with Gasteiger partial charge in [0.05, 0.1) is 21.5 Å². The monoisotopic (exact) mass is 1460 g/mol. The van der Waals surface area contributed by atoms with Gasteiger partial charge >= 0.3 is 12.2 Å². The van der Waals surface area contributed by atoms with Gasteiger partial charge in [0.25, 0.3) is 29.1 Å². The number of anilines is 4. The van der Waals surface area contributed by atoms with Crippen molar-refractivity contribution in [3.05, 3.63) is 162 Å². The first-order valence-electron chi connectivity index (χ1n) is 25.6. The molecule has 0 aliphatic heterocycles. The molecule has 3 aromatic carbocycles. The Morgan fingerprint density at radius 3 is 1.10 bits per heavy atom. The van der Waals surface area contributed by atoms with Crippen molar-refractivity contribution >= 4 is 119 Å². The average Bonchev–Trinajstić information content (AvgIpc) is 1.57. The number of sulfonamides is 2. The summed E-state index contributed by atoms with van der Waals surface area (Å²) in [5.74, 6) is -36.9. The highest BCUT2D eigenvalue weighted by molar-refractivity contribution is 8.13. The van der Waals surface area contributed by atoms with Crippen LogP contribution in [0.2, 0.25) is 0 Å². The lowest BCUT2D eigenvalue weighted by molar-refractivity contribution is 0.0532. The minimum atomic E-state index is -5.33. The lowest BCUT2D eigenvalue weighted by Gasteiger charge is -2.19. The number of nitrogens with one attached hydrogen (secondary N) is 4. The molecule has 0 amide bonds. The second-order valence-corrected chi connectivity index (χ2v) is 26.3. The Kier molecular flexibility index (Phi) is 21.3. The number of nitrogen functional groups attached to an aromatic ring is 2. The summed E-state index contributed by atoms with van der Waals surface area (Å²) in [5, 5.41) is 1.53. The molecule has 516 valence electrons. The maximum Gasteiger partial charge on any atom is 0.420 e. The second-order valence-electron chi connectivity index (χ2n) is 20.6. The summed E-state index contributed by atoms with van der Waals surface area (Å²) in [5.41, 5.74) is 11.1. The topological polar surface area (TPSA) is 376 Å². The molecule has 0 saturated heterocycles. The molecule has 11 aromatic rings. The van der Waals surface area contributed by atoms with E-state index < -0.39 is 166 Å². The first-order chi connectivity index (χ1) is 44.9. The lowest BCUT2D eigenvalue weighted by atomic mass is 10.2. The number of aromatic nitrogens is 12. The third kappa shape index (κ3) is 15.9. The van der Waals surface area contributed by atoms with E-state index in [0.29, 0.717) is 22.7 Å². The molecule has 0 saturated carbocycles. The lowest BCUT2D eigenvalue weighted by Crippen LogP contribution is -2.27. The van der Waals surface area contributed by atoms with Gasteiger partial charge in [-0.1, -0.05) is 0 Å². The quantitative estimate of drug-likeness (QED) is 0.0373. The fourth-order valence-corrected chi connectivity index (χ4v) is 10.9. The minimum Gasteiger partial charge on any atom is -0.443 e. The summed E-state index contributed by atoms with van der Waals surface area (Å²) >= 11 is 0. The van der Waals surface area contributed by atoms with E-state index >= 15 is 0 Å². The van der Waals surface area contributed by atoms with Crippen molar-refractivity contribution in [3.8, 4) is 0 Å². The molecule has 0 fully saturated rings. The number of ether oxygens (including phenoxy) is 2. The van der Waals surface area contributed by atoms with Crippen molar-refractivity contribution in [2.75, 3.05) is 20.9 Å². The predicted molar refractivity (Wildman–Crippen MR) is 308 cm³/mol. The summed E-state index contributed by atoms with van der Waals surface area (Å²) in [7, 11) is -11.0. The van der Waals surface area contributed by atoms with Crippen molar-refractivity contribution in [2.45, 2.75) is 67.4 Å². The summed E-state index contributed by atoms with van der Waals surface area (Å²) < 4.78 is 284. The van der Waals surface area contributed by atoms with Gasteiger partial charge in [-0.25, -0.2) is 150 Å². The Bertz CT molecular complexity index is 5200. The minimum absolute atomic E-state index is 0.110. The molecule has 97 heavy (non-hydrogen) atoms. The van der Waals surface area contributed by atoms with Gasteiger partial charge in [0.15, 0.2) is 107 Å². The van der Waals surface area contributed by atoms with Crippen molar-refractivity contribution in [2.24, 2.45) is 0 Å². The van der Waals surface area contributed by atoms with Gasteiger partial charge in [-0.05, 0) is 65.8 Å². The van der Waals surface area contributed by atoms with Gasteiger partial charge in [0.1, 0.15) is 59.4 Å². The number of nitrogens with zero attached hydrogens (tertiary/aromatic N) is 10. The van der Waals surface area contributed by atoms with Crippen LogP contribution in [-0.4, -0.2) is 108 Å². The molecule has 0 bridgehead atoms. The molecule has 0 aliphatic carbocycles. The van der Waals surface area contributed by atoms with Crippen molar-refractivity contribution in [3.63, 3.8) is 0 Å². The first kappa shape index (κ1) is 73.8. The molecular formula is C52H38ClF15N16O10S3. The third-order valence-electron chi connectivity index (χ3n) is 11.7. The van der Waals surface area contributed by atoms with Crippen LogP contribution < -0.4 is 20.9 Å². The van der Waals surface area contributed by atoms with Crippen molar-refractivity contribution in [1.29, 1.82) is 0 Å². The Morgan fingerprint density at radius 1 is 0.423 bits per heavy atom. The van der Waals surface area contributed by atoms with Crippen LogP contribution in [0.4, 0.5) is 98.7 Å². The number of hydrogen-bond donors (Lipinski definition) is 6. The zero-order valence-corrected chi connectivity index (χ0v) is 52.1. The summed E-state index contributed by atoms with van der Waals surface area (Å²) in [6.45, 7) is 10.2. The molecule has 45 heteroatoms. The fourth-order valence-electron chi connectivity index (χ4n) is 7.56. The van der Waals surface area contributed by atoms with Gasteiger partial charge in [0.2, 0.25) is 17.5 Å². The fraction of sp³-hybridized carbons (Fsp3) is 0.154. The van der Waals surface area contributed by atoms with Gasteiger partial charge in [0, 0.05) is 35.5 Å². The molecule has 11 rings (SSSR count). The SMILES string of the molecule is CC(C)(C)OC(=O)n1ccc2c(N)ncnc21.CC(C)(C)OC(=O)n1ccc2c(NS(=O)(=O)c3c(F)c(F)c(F)c(F)c3F)ncnc21.Nc1ncnc2[nH]ccc12.O=S(=O)(Cl)c1c(F)c(F)c(F)c(F)c1F.O=S(=O)(Nc1ncnc2[nH]ccc12)c1c(F)c(F)c(F)c(F)c1F. The van der Waals surface area contributed by atoms with Crippen LogP contribution in [0, 0.1) is 87.3 Å². The molecule has 0 spiro atoms. The number of benzene rings is 3. The number of halogens is 16. The number of aromatic amines is 2. The molecule has 0 atom stereocenters. The average molecular weight is 1460 g/mol. The van der Waals surface area contributed by atoms with Gasteiger partial charge in [-0.3, -0.25) is 9.44 Å². The second kappa shape index (κ2) is 28.0. The van der Waals surface area contributed by atoms with Crippen LogP contribution in [0.1, 0.15) is 41.5 Å². The number of nitrogens with two attached hydrogens (primary N) is 2. The molecule has 0 radical (unpaired) electrons. The Morgan fingerprint density at radius 2 is 0.722 bits per heavy atom. The van der Waals surface area contributed by atoms with Gasteiger partial charge in [-0.2, -0.15) is 0 Å². The van der Waals surface area contributed by atoms with Crippen LogP contribution >= 0.6 is 10.7 Å². The van der Waals surface area contributed by atoms with Gasteiger partial charge < -0.3 is 30.9 Å². The number of rotatable bonds is 7. The number of carbonyl (C=O) groups is 2. The zero-order valence-electron chi connectivity index (χ0n) is 48.9. The van der Waals surface area contributed by atoms with E-state index in [9.17, 15) is 101 Å². The molecule has 0 unspecified atom stereocenters. The van der Waals surface area contributed by atoms with Crippen LogP contribution in [-0.2, 0) is 38.6 Å². The Hall–Kier alpha value is -10.6. The van der Waals surface area contributed by atoms with Gasteiger partial charge in [-0.15, -0.1) is 0 Å². The van der Waals surface area contributed by atoms with Crippen LogP contribution in [0.5, 0.6) is 0 Å². The van der Waals surface area contributed by atoms with Crippen LogP contribution in [0.3, 0.4) is 0 Å². The number of fused-ring (bicyclic) bond motifs is 4. The highest BCUT2D eigenvalue weighted by atomic mass is 35.7. The van der Waals surface area contributed by atoms with E-state index in [2.05, 4.69) is 60.5 Å². The van der Waals surface area contributed by atoms with E-state index in [-0.39, 0.29) is 22.1 Å². The molecule has 8 N–H and O–H groups in total. The van der Waals surface area contributed by atoms with E-state index in [1.165, 1.54) is 41.7 Å². The van der Waals surface area contributed by atoms with Crippen LogP contribution in [0.15, 0.2) is 89.0 Å². The summed E-state index contributed by atoms with van der Waals surface area (Å²) in [6.07, 6.45) is 9.08. The van der Waals surface area contributed by atoms with E-state index in [1.54, 1.807) is 69.4 Å². The smallest absolute Gasteiger partial charge is 0.420 e. The van der Waals surface area contributed by atoms with Crippen molar-refractivity contribution in [1.82, 2.24) is 59.0 Å². The third-order valence-corrected chi connectivity index (χ3v) is 15.7. The number of H-pyrrole nitrogens is 2. The molecule has 26 nitrogen and oxygen atoms in total. The largest absolute Gasteiger partial charge is 0.443 e. The molecule has 8 aromatic heterocycles. The molecule has 8 heterocycles.